The van der Waals surface area contributed by atoms with Crippen LogP contribution >= 0.6 is 0 Å². The number of methoxy groups -OCH3 is 1. The molecule has 0 aromatic carbocycles. The zero-order chi connectivity index (χ0) is 33.6. The van der Waals surface area contributed by atoms with Crippen LogP contribution in [0.2, 0.25) is 0 Å². The summed E-state index contributed by atoms with van der Waals surface area (Å²) < 4.78 is 19.1. The Hall–Kier alpha value is -1.18. The van der Waals surface area contributed by atoms with Gasteiger partial charge in [0.05, 0.1) is 37.3 Å². The minimum absolute atomic E-state index is 0.0637. The van der Waals surface area contributed by atoms with Gasteiger partial charge in [0.1, 0.15) is 0 Å². The third-order valence-electron chi connectivity index (χ3n) is 11.9. The molecule has 264 valence electrons. The van der Waals surface area contributed by atoms with E-state index in [-0.39, 0.29) is 23.8 Å². The van der Waals surface area contributed by atoms with Crippen LogP contribution in [-0.4, -0.2) is 54.2 Å². The molecule has 0 aromatic rings. The second-order valence-corrected chi connectivity index (χ2v) is 14.9. The van der Waals surface area contributed by atoms with Gasteiger partial charge in [0, 0.05) is 24.7 Å². The van der Waals surface area contributed by atoms with Crippen molar-refractivity contribution >= 4 is 11.9 Å². The molecular weight excluding hydrogens is 566 g/mol. The Morgan fingerprint density at radius 2 is 1.27 bits per heavy atom. The Kier molecular flexibility index (Phi) is 16.9. The lowest BCUT2D eigenvalue weighted by Crippen LogP contribution is -2.74. The highest BCUT2D eigenvalue weighted by atomic mass is 16.7. The molecule has 0 bridgehead atoms. The van der Waals surface area contributed by atoms with Crippen LogP contribution in [0.5, 0.6) is 0 Å². The van der Waals surface area contributed by atoms with Crippen LogP contribution in [0.3, 0.4) is 0 Å². The van der Waals surface area contributed by atoms with E-state index in [1.165, 1.54) is 91.1 Å². The quantitative estimate of drug-likeness (QED) is 0.0916. The number of ether oxygens (including phenoxy) is 3. The van der Waals surface area contributed by atoms with Crippen molar-refractivity contribution in [1.82, 2.24) is 5.06 Å². The Balaban J connectivity index is 1.95. The third kappa shape index (κ3) is 10.2. The molecule has 4 atom stereocenters. The van der Waals surface area contributed by atoms with Gasteiger partial charge in [0.25, 0.3) is 0 Å². The summed E-state index contributed by atoms with van der Waals surface area (Å²) in [4.78, 5) is 31.3. The van der Waals surface area contributed by atoms with E-state index in [9.17, 15) is 9.59 Å². The van der Waals surface area contributed by atoms with Crippen LogP contribution in [0.25, 0.3) is 0 Å². The van der Waals surface area contributed by atoms with Crippen molar-refractivity contribution in [3.8, 4) is 0 Å². The number of piperidine rings is 1. The molecule has 0 radical (unpaired) electrons. The predicted molar refractivity (Wildman–Crippen MR) is 183 cm³/mol. The summed E-state index contributed by atoms with van der Waals surface area (Å²) >= 11 is 0. The fourth-order valence-electron chi connectivity index (χ4n) is 8.06. The van der Waals surface area contributed by atoms with Crippen molar-refractivity contribution in [3.63, 3.8) is 0 Å². The second kappa shape index (κ2) is 19.0. The number of rotatable bonds is 21. The first-order chi connectivity index (χ1) is 21.4. The van der Waals surface area contributed by atoms with Crippen molar-refractivity contribution in [1.29, 1.82) is 0 Å². The summed E-state index contributed by atoms with van der Waals surface area (Å²) in [5.74, 6) is -1.60. The Morgan fingerprint density at radius 1 is 0.778 bits per heavy atom. The van der Waals surface area contributed by atoms with Gasteiger partial charge >= 0.3 is 11.9 Å². The molecule has 2 heterocycles. The van der Waals surface area contributed by atoms with E-state index in [1.807, 2.05) is 5.06 Å². The van der Waals surface area contributed by atoms with Gasteiger partial charge in [-0.05, 0) is 39.5 Å². The van der Waals surface area contributed by atoms with Crippen LogP contribution in [0, 0.1) is 17.3 Å². The van der Waals surface area contributed by atoms with Gasteiger partial charge in [0.2, 0.25) is 0 Å². The van der Waals surface area contributed by atoms with Gasteiger partial charge in [-0.2, -0.15) is 0 Å². The molecule has 7 heteroatoms. The minimum Gasteiger partial charge on any atom is -0.469 e. The largest absolute Gasteiger partial charge is 0.469 e. The average Bonchev–Trinajstić information content (AvgIpc) is 3.04. The predicted octanol–water partition coefficient (Wildman–Crippen LogP) is 9.94. The molecule has 2 fully saturated rings. The fourth-order valence-corrected chi connectivity index (χ4v) is 8.06. The summed E-state index contributed by atoms with van der Waals surface area (Å²) in [6.45, 7) is 17.5. The fraction of sp³-hybridized carbons (Fsp3) is 0.947. The molecule has 2 saturated heterocycles. The summed E-state index contributed by atoms with van der Waals surface area (Å²) in [5.41, 5.74) is -1.35. The molecule has 2 aliphatic rings. The first-order valence-corrected chi connectivity index (χ1v) is 18.8. The van der Waals surface area contributed by atoms with Crippen molar-refractivity contribution in [3.05, 3.63) is 0 Å². The van der Waals surface area contributed by atoms with E-state index in [4.69, 9.17) is 19.0 Å². The molecular formula is C38H71NO6. The molecule has 0 saturated carbocycles. The lowest BCUT2D eigenvalue weighted by Gasteiger charge is -2.64. The highest BCUT2D eigenvalue weighted by Gasteiger charge is 2.65. The number of carbonyl (C=O) groups is 2. The van der Waals surface area contributed by atoms with Crippen molar-refractivity contribution in [2.75, 3.05) is 20.3 Å². The van der Waals surface area contributed by atoms with Crippen LogP contribution < -0.4 is 0 Å². The Morgan fingerprint density at radius 3 is 1.67 bits per heavy atom. The zero-order valence-electron chi connectivity index (χ0n) is 30.9. The summed E-state index contributed by atoms with van der Waals surface area (Å²) in [6.07, 6.45) is 22.1. The first kappa shape index (κ1) is 40.0. The van der Waals surface area contributed by atoms with Gasteiger partial charge in [-0.15, -0.1) is 5.06 Å². The number of hydrogen-bond acceptors (Lipinski definition) is 7. The van der Waals surface area contributed by atoms with Crippen molar-refractivity contribution < 1.29 is 28.6 Å². The lowest BCUT2D eigenvalue weighted by molar-refractivity contribution is -0.404. The minimum atomic E-state index is -0.819. The highest BCUT2D eigenvalue weighted by Crippen LogP contribution is 2.55. The normalized spacial score (nSPS) is 31.2. The van der Waals surface area contributed by atoms with Crippen LogP contribution in [-0.2, 0) is 28.6 Å². The average molecular weight is 638 g/mol. The monoisotopic (exact) mass is 638 g/mol. The second-order valence-electron chi connectivity index (χ2n) is 14.9. The maximum Gasteiger partial charge on any atom is 0.322 e. The van der Waals surface area contributed by atoms with Gasteiger partial charge in [-0.3, -0.25) is 9.59 Å². The first-order valence-electron chi connectivity index (χ1n) is 18.8. The molecule has 4 unspecified atom stereocenters. The van der Waals surface area contributed by atoms with Gasteiger partial charge in [-0.25, -0.2) is 0 Å². The standard InChI is InChI=1S/C38H71NO6/c1-10-14-15-16-17-18-19-20-21-22-23-24-25-26-27-33(34(41)42-9)37(13-4)29-43-38(44-30-37)28-35(7,11-2)39(45-32(6)40)36(8,12-3)31(38)5/h31,33H,10-30H2,1-9H3. The third-order valence-corrected chi connectivity index (χ3v) is 11.9. The van der Waals surface area contributed by atoms with Gasteiger partial charge < -0.3 is 19.0 Å². The number of unbranched alkanes of at least 4 members (excludes halogenated alkanes) is 13. The van der Waals surface area contributed by atoms with Crippen molar-refractivity contribution in [2.24, 2.45) is 17.3 Å². The van der Waals surface area contributed by atoms with Crippen LogP contribution in [0.4, 0.5) is 0 Å². The smallest absolute Gasteiger partial charge is 0.322 e. The molecule has 0 amide bonds. The van der Waals surface area contributed by atoms with E-state index in [1.54, 1.807) is 0 Å². The molecule has 0 aromatic heterocycles. The molecule has 45 heavy (non-hydrogen) atoms. The lowest BCUT2D eigenvalue weighted by atomic mass is 9.65. The molecule has 1 spiro atoms. The van der Waals surface area contributed by atoms with E-state index in [0.29, 0.717) is 19.6 Å². The SMILES string of the molecule is CCCCCCCCCCCCCCCCC(C(=O)OC)C1(CC)COC2(CC(C)(CC)N(OC(C)=O)C(C)(CC)C2C)OC1. The van der Waals surface area contributed by atoms with Gasteiger partial charge in [-0.1, -0.05) is 125 Å². The van der Waals surface area contributed by atoms with E-state index in [2.05, 4.69) is 48.5 Å². The maximum absolute atomic E-state index is 13.2. The van der Waals surface area contributed by atoms with Crippen molar-refractivity contribution in [2.45, 2.75) is 194 Å². The Bertz CT molecular complexity index is 870. The van der Waals surface area contributed by atoms with Crippen LogP contribution in [0.15, 0.2) is 0 Å². The van der Waals surface area contributed by atoms with E-state index < -0.39 is 22.3 Å². The van der Waals surface area contributed by atoms with Crippen LogP contribution in [0.1, 0.15) is 177 Å². The number of hydrogen-bond donors (Lipinski definition) is 0. The zero-order valence-corrected chi connectivity index (χ0v) is 30.9. The molecule has 7 nitrogen and oxygen atoms in total. The molecule has 0 N–H and O–H groups in total. The van der Waals surface area contributed by atoms with E-state index >= 15 is 0 Å². The number of esters is 1. The molecule has 0 aliphatic carbocycles. The summed E-state index contributed by atoms with van der Waals surface area (Å²) in [7, 11) is 1.50. The summed E-state index contributed by atoms with van der Waals surface area (Å²) in [6, 6.07) is 0. The number of nitrogens with zero attached hydrogens (tertiary/aromatic N) is 1. The van der Waals surface area contributed by atoms with E-state index in [0.717, 1.165) is 38.5 Å². The topological polar surface area (TPSA) is 74.3 Å². The number of hydroxylamine groups is 2. The Labute approximate surface area is 277 Å². The molecule has 2 rings (SSSR count). The molecule has 2 aliphatic heterocycles. The highest BCUT2D eigenvalue weighted by molar-refractivity contribution is 5.73. The maximum atomic E-state index is 13.2. The van der Waals surface area contributed by atoms with Gasteiger partial charge in [0.15, 0.2) is 5.79 Å². The summed E-state index contributed by atoms with van der Waals surface area (Å²) in [5, 5.41) is 1.93. The number of carbonyl (C=O) groups excluding carboxylic acids is 2.